The second-order valence-electron chi connectivity index (χ2n) is 14.8. The van der Waals surface area contributed by atoms with Crippen LogP contribution in [0.15, 0.2) is 72.8 Å². The monoisotopic (exact) mass is 842 g/mol. The van der Waals surface area contributed by atoms with Crippen molar-refractivity contribution in [2.75, 3.05) is 80.8 Å². The molecule has 3 aliphatic rings. The summed E-state index contributed by atoms with van der Waals surface area (Å²) in [7, 11) is 3.30. The first-order chi connectivity index (χ1) is 28.0. The van der Waals surface area contributed by atoms with Gasteiger partial charge in [-0.15, -0.1) is 0 Å². The number of aliphatic hydroxyl groups excluding tert-OH is 1. The Morgan fingerprint density at radius 3 is 1.00 bits per heavy atom. The molecule has 0 aromatic heterocycles. The van der Waals surface area contributed by atoms with E-state index in [1.807, 2.05) is 48.5 Å². The third kappa shape index (κ3) is 12.4. The Morgan fingerprint density at radius 2 is 0.814 bits per heavy atom. The zero-order valence-corrected chi connectivity index (χ0v) is 38.4. The predicted octanol–water partition coefficient (Wildman–Crippen LogP) is 2.81. The summed E-state index contributed by atoms with van der Waals surface area (Å²) < 4.78 is 36.1. The fraction of sp³-hybridized carbons (Fsp3) is 0.467. The zero-order valence-electron chi connectivity index (χ0n) is 35.3. The van der Waals surface area contributed by atoms with Gasteiger partial charge in [-0.25, -0.2) is 19.2 Å². The number of carbonyl (C=O) groups is 4. The average Bonchev–Trinajstić information content (AvgIpc) is 3.22. The molecular weight excluding hydrogens is 788 g/mol. The summed E-state index contributed by atoms with van der Waals surface area (Å²) in [5.74, 6) is -2.13. The molecule has 59 heavy (non-hydrogen) atoms. The number of hydrogen-bond donors (Lipinski definition) is 1. The first-order valence-corrected chi connectivity index (χ1v) is 19.3. The quantitative estimate of drug-likeness (QED) is 0.125. The van der Waals surface area contributed by atoms with E-state index in [1.54, 1.807) is 24.3 Å². The molecule has 3 aliphatic heterocycles. The summed E-state index contributed by atoms with van der Waals surface area (Å²) >= 11 is 0. The van der Waals surface area contributed by atoms with Crippen LogP contribution in [0.5, 0.6) is 0 Å². The first-order valence-electron chi connectivity index (χ1n) is 19.3. The predicted molar refractivity (Wildman–Crippen MR) is 215 cm³/mol. The molecule has 0 radical (unpaired) electrons. The maximum atomic E-state index is 13.0. The minimum atomic E-state index is -0.554. The van der Waals surface area contributed by atoms with Crippen molar-refractivity contribution in [3.8, 4) is 0 Å². The van der Waals surface area contributed by atoms with Gasteiger partial charge in [0.15, 0.2) is 0 Å². The summed E-state index contributed by atoms with van der Waals surface area (Å²) in [4.78, 5) is 49.2. The van der Waals surface area contributed by atoms with Gasteiger partial charge in [-0.1, -0.05) is 69.3 Å². The van der Waals surface area contributed by atoms with Gasteiger partial charge < -0.3 is 43.4 Å². The molecule has 3 fully saturated rings. The number of benzene rings is 4. The topological polar surface area (TPSA) is 176 Å². The number of carbonyl (C=O) groups excluding carboxylic acids is 4. The van der Waals surface area contributed by atoms with E-state index in [0.717, 1.165) is 61.1 Å². The van der Waals surface area contributed by atoms with Crippen molar-refractivity contribution in [3.05, 3.63) is 95.1 Å². The fourth-order valence-corrected chi connectivity index (χ4v) is 6.33. The van der Waals surface area contributed by atoms with Crippen LogP contribution in [0.25, 0.3) is 21.5 Å². The number of aliphatic hydroxyl groups is 1. The second kappa shape index (κ2) is 23.6. The maximum Gasteiger partial charge on any atom is 1.00 e. The Balaban J connectivity index is 0.000000271. The van der Waals surface area contributed by atoms with Gasteiger partial charge in [0.2, 0.25) is 0 Å². The number of rotatable bonds is 12. The van der Waals surface area contributed by atoms with Crippen molar-refractivity contribution in [3.63, 3.8) is 0 Å². The van der Waals surface area contributed by atoms with Crippen LogP contribution in [0.3, 0.4) is 0 Å². The molecule has 0 spiro atoms. The second-order valence-corrected chi connectivity index (χ2v) is 14.8. The molecular formula is C45H55KO13. The van der Waals surface area contributed by atoms with Crippen LogP contribution in [0.2, 0.25) is 0 Å². The van der Waals surface area contributed by atoms with E-state index in [0.29, 0.717) is 26.4 Å². The van der Waals surface area contributed by atoms with E-state index < -0.39 is 23.9 Å². The van der Waals surface area contributed by atoms with Crippen LogP contribution in [0, 0.1) is 16.2 Å². The number of ether oxygens (including phenoxy) is 7. The third-order valence-electron chi connectivity index (χ3n) is 11.1. The van der Waals surface area contributed by atoms with Gasteiger partial charge in [0.1, 0.15) is 13.2 Å². The van der Waals surface area contributed by atoms with Crippen molar-refractivity contribution < 1.29 is 114 Å². The van der Waals surface area contributed by atoms with Crippen LogP contribution in [-0.4, -0.2) is 110 Å². The normalized spacial score (nSPS) is 16.1. The molecule has 0 aliphatic carbocycles. The van der Waals surface area contributed by atoms with E-state index >= 15 is 0 Å². The zero-order chi connectivity index (χ0) is 42.3. The minimum Gasteiger partial charge on any atom is -0.857 e. The molecule has 0 atom stereocenters. The Morgan fingerprint density at radius 1 is 0.542 bits per heavy atom. The molecule has 1 N–H and O–H groups in total. The van der Waals surface area contributed by atoms with Crippen LogP contribution in [0.1, 0.15) is 81.5 Å². The Kier molecular flexibility index (Phi) is 20.1. The van der Waals surface area contributed by atoms with Crippen molar-refractivity contribution >= 4 is 45.4 Å². The first kappa shape index (κ1) is 50.1. The number of fused-ring (bicyclic) bond motifs is 2. The fourth-order valence-electron chi connectivity index (χ4n) is 6.33. The summed E-state index contributed by atoms with van der Waals surface area (Å²) in [5, 5.41) is 20.5. The summed E-state index contributed by atoms with van der Waals surface area (Å²) in [5.41, 5.74) is 0.794. The standard InChI is InChI=1S/C24H28O6.C14H12O4.C6H12O2.CH3O.K/c1-3-23(11-27-12-23)15-29-21(25)19-9-17-7-5-6-8-18(17)10-20(19)22(26)30-16-24(4-2)13-28-14-24;1-17-13(15)11-7-9-5-3-4-6-10(9)8-12(11)14(16)18-2;1-2-6(3-7)4-8-5-6;1-2;/h5-10H,3-4,11-16H2,1-2H3;3-8H,1-2H3;7H,2-5H2,1H3;1H3;/q;;;-1;+1. The maximum absolute atomic E-state index is 13.0. The summed E-state index contributed by atoms with van der Waals surface area (Å²) in [6.45, 7) is 10.9. The van der Waals surface area contributed by atoms with Crippen LogP contribution < -0.4 is 56.5 Å². The van der Waals surface area contributed by atoms with E-state index in [2.05, 4.69) is 30.2 Å². The van der Waals surface area contributed by atoms with Crippen LogP contribution in [0.4, 0.5) is 0 Å². The SMILES string of the molecule is CCC1(CO)COC1.CCC1(COC(=O)c2cc3ccccc3cc2C(=O)OCC2(CC)COC2)COC1.COC(=O)c1cc2ccccc2cc1C(=O)OC.C[O-].[K+]. The molecule has 3 heterocycles. The molecule has 0 amide bonds. The van der Waals surface area contributed by atoms with Gasteiger partial charge in [0.25, 0.3) is 0 Å². The molecule has 13 nitrogen and oxygen atoms in total. The smallest absolute Gasteiger partial charge is 0.857 e. The Hall–Kier alpha value is -3.28. The van der Waals surface area contributed by atoms with Gasteiger partial charge in [-0.05, 0) is 65.1 Å². The van der Waals surface area contributed by atoms with E-state index in [-0.39, 0.29) is 110 Å². The minimum absolute atomic E-state index is 0. The molecule has 0 saturated carbocycles. The largest absolute Gasteiger partial charge is 1.00 e. The summed E-state index contributed by atoms with van der Waals surface area (Å²) in [6, 6.07) is 21.8. The molecule has 0 unspecified atom stereocenters. The van der Waals surface area contributed by atoms with Crippen LogP contribution >= 0.6 is 0 Å². The molecule has 4 aromatic rings. The third-order valence-corrected chi connectivity index (χ3v) is 11.1. The number of esters is 4. The van der Waals surface area contributed by atoms with E-state index in [1.165, 1.54) is 14.2 Å². The van der Waals surface area contributed by atoms with Crippen molar-refractivity contribution in [2.45, 2.75) is 40.0 Å². The van der Waals surface area contributed by atoms with Gasteiger partial charge in [0, 0.05) is 5.41 Å². The molecule has 7 rings (SSSR count). The molecule has 4 aromatic carbocycles. The van der Waals surface area contributed by atoms with E-state index in [4.69, 9.17) is 33.9 Å². The molecule has 0 bridgehead atoms. The molecule has 14 heteroatoms. The molecule has 3 saturated heterocycles. The Labute approximate surface area is 388 Å². The van der Waals surface area contributed by atoms with Gasteiger partial charge in [-0.3, -0.25) is 0 Å². The van der Waals surface area contributed by atoms with Crippen molar-refractivity contribution in [1.29, 1.82) is 0 Å². The van der Waals surface area contributed by atoms with Crippen molar-refractivity contribution in [2.24, 2.45) is 16.2 Å². The van der Waals surface area contributed by atoms with Gasteiger partial charge in [-0.2, -0.15) is 7.11 Å². The Bertz CT molecular complexity index is 1860. The van der Waals surface area contributed by atoms with Crippen molar-refractivity contribution in [1.82, 2.24) is 0 Å². The number of hydrogen-bond acceptors (Lipinski definition) is 13. The van der Waals surface area contributed by atoms with Gasteiger partial charge >= 0.3 is 75.3 Å². The van der Waals surface area contributed by atoms with Gasteiger partial charge in [0.05, 0.1) is 93.6 Å². The number of methoxy groups -OCH3 is 2. The average molecular weight is 843 g/mol. The van der Waals surface area contributed by atoms with E-state index in [9.17, 15) is 19.2 Å². The van der Waals surface area contributed by atoms with Crippen LogP contribution in [-0.2, 0) is 33.2 Å². The summed E-state index contributed by atoms with van der Waals surface area (Å²) in [6.07, 6.45) is 2.77. The molecule has 314 valence electrons.